The van der Waals surface area contributed by atoms with Crippen molar-refractivity contribution in [3.05, 3.63) is 64.7 Å². The van der Waals surface area contributed by atoms with Gasteiger partial charge in [0, 0.05) is 29.1 Å². The molecule has 1 N–H and O–H groups in total. The second-order valence-electron chi connectivity index (χ2n) is 5.28. The number of carbonyl (C=O) groups excluding carboxylic acids is 3. The number of hydrogen-bond acceptors (Lipinski definition) is 4. The number of esters is 1. The Hall–Kier alpha value is -2.66. The summed E-state index contributed by atoms with van der Waals surface area (Å²) in [6.07, 6.45) is 0.135. The Kier molecular flexibility index (Phi) is 6.71. The smallest absolute Gasteiger partial charge is 0.338 e. The van der Waals surface area contributed by atoms with Gasteiger partial charge >= 0.3 is 5.97 Å². The normalized spacial score (nSPS) is 10.2. The number of carbonyl (C=O) groups is 3. The number of ether oxygens (including phenoxy) is 1. The van der Waals surface area contributed by atoms with Gasteiger partial charge in [0.1, 0.15) is 0 Å². The van der Waals surface area contributed by atoms with Gasteiger partial charge in [-0.3, -0.25) is 9.59 Å². The van der Waals surface area contributed by atoms with Crippen molar-refractivity contribution in [2.45, 2.75) is 19.8 Å². The molecule has 0 unspecified atom stereocenters. The van der Waals surface area contributed by atoms with E-state index in [1.165, 1.54) is 6.07 Å². The zero-order valence-corrected chi connectivity index (χ0v) is 14.5. The van der Waals surface area contributed by atoms with Crippen LogP contribution in [0.25, 0.3) is 0 Å². The standard InChI is InChI=1S/C19H18ClNO4/c1-2-25-19(24)14-4-3-5-16(12-14)21-18(23)11-10-17(22)13-6-8-15(20)9-7-13/h3-9,12H,2,10-11H2,1H3,(H,21,23). The molecule has 0 radical (unpaired) electrons. The summed E-state index contributed by atoms with van der Waals surface area (Å²) in [4.78, 5) is 35.7. The third-order valence-corrected chi connectivity index (χ3v) is 3.65. The van der Waals surface area contributed by atoms with Crippen molar-refractivity contribution in [2.24, 2.45) is 0 Å². The molecule has 0 saturated carbocycles. The molecular formula is C19H18ClNO4. The number of rotatable bonds is 7. The van der Waals surface area contributed by atoms with Crippen LogP contribution in [0.1, 0.15) is 40.5 Å². The maximum absolute atomic E-state index is 12.0. The SMILES string of the molecule is CCOC(=O)c1cccc(NC(=O)CCC(=O)c2ccc(Cl)cc2)c1. The number of halogens is 1. The summed E-state index contributed by atoms with van der Waals surface area (Å²) in [5.74, 6) is -0.882. The lowest BCUT2D eigenvalue weighted by Gasteiger charge is -2.07. The second-order valence-corrected chi connectivity index (χ2v) is 5.72. The molecule has 0 aliphatic heterocycles. The highest BCUT2D eigenvalue weighted by molar-refractivity contribution is 6.30. The number of hydrogen-bond donors (Lipinski definition) is 1. The van der Waals surface area contributed by atoms with Gasteiger partial charge < -0.3 is 10.1 Å². The van der Waals surface area contributed by atoms with Crippen molar-refractivity contribution in [2.75, 3.05) is 11.9 Å². The third kappa shape index (κ3) is 5.72. The molecular weight excluding hydrogens is 342 g/mol. The Morgan fingerprint density at radius 2 is 1.72 bits per heavy atom. The van der Waals surface area contributed by atoms with E-state index in [4.69, 9.17) is 16.3 Å². The van der Waals surface area contributed by atoms with Crippen LogP contribution in [0.15, 0.2) is 48.5 Å². The lowest BCUT2D eigenvalue weighted by molar-refractivity contribution is -0.116. The highest BCUT2D eigenvalue weighted by Gasteiger charge is 2.11. The van der Waals surface area contributed by atoms with Gasteiger partial charge in [-0.1, -0.05) is 17.7 Å². The molecule has 0 spiro atoms. The van der Waals surface area contributed by atoms with Crippen molar-refractivity contribution in [1.29, 1.82) is 0 Å². The van der Waals surface area contributed by atoms with Gasteiger partial charge in [-0.05, 0) is 49.4 Å². The average Bonchev–Trinajstić information content (AvgIpc) is 2.61. The van der Waals surface area contributed by atoms with Crippen molar-refractivity contribution >= 4 is 34.9 Å². The Labute approximate surface area is 150 Å². The number of anilines is 1. The first-order valence-electron chi connectivity index (χ1n) is 7.85. The van der Waals surface area contributed by atoms with E-state index in [0.717, 1.165) is 0 Å². The van der Waals surface area contributed by atoms with E-state index in [0.29, 0.717) is 21.8 Å². The van der Waals surface area contributed by atoms with E-state index < -0.39 is 5.97 Å². The summed E-state index contributed by atoms with van der Waals surface area (Å²) in [6.45, 7) is 2.00. The quantitative estimate of drug-likeness (QED) is 0.596. The number of benzene rings is 2. The predicted molar refractivity (Wildman–Crippen MR) is 96.0 cm³/mol. The van der Waals surface area contributed by atoms with Crippen LogP contribution < -0.4 is 5.32 Å². The van der Waals surface area contributed by atoms with Crippen molar-refractivity contribution in [3.63, 3.8) is 0 Å². The summed E-state index contributed by atoms with van der Waals surface area (Å²) in [5, 5.41) is 3.23. The summed E-state index contributed by atoms with van der Waals surface area (Å²) in [6, 6.07) is 13.0. The zero-order chi connectivity index (χ0) is 18.2. The molecule has 0 aliphatic carbocycles. The molecule has 25 heavy (non-hydrogen) atoms. The van der Waals surface area contributed by atoms with Crippen LogP contribution in [0, 0.1) is 0 Å². The largest absolute Gasteiger partial charge is 0.462 e. The van der Waals surface area contributed by atoms with E-state index >= 15 is 0 Å². The highest BCUT2D eigenvalue weighted by Crippen LogP contribution is 2.14. The molecule has 0 atom stereocenters. The summed E-state index contributed by atoms with van der Waals surface area (Å²) >= 11 is 5.78. The summed E-state index contributed by atoms with van der Waals surface area (Å²) in [7, 11) is 0. The van der Waals surface area contributed by atoms with Gasteiger partial charge in [-0.2, -0.15) is 0 Å². The zero-order valence-electron chi connectivity index (χ0n) is 13.8. The van der Waals surface area contributed by atoms with Crippen LogP contribution in [0.5, 0.6) is 0 Å². The molecule has 0 heterocycles. The minimum absolute atomic E-state index is 0.0467. The first-order chi connectivity index (χ1) is 12.0. The van der Waals surface area contributed by atoms with E-state index in [1.54, 1.807) is 49.4 Å². The van der Waals surface area contributed by atoms with Gasteiger partial charge in [0.25, 0.3) is 0 Å². The molecule has 0 saturated heterocycles. The summed E-state index contributed by atoms with van der Waals surface area (Å²) in [5.41, 5.74) is 1.35. The van der Waals surface area contributed by atoms with Crippen LogP contribution in [0.3, 0.4) is 0 Å². The third-order valence-electron chi connectivity index (χ3n) is 3.40. The van der Waals surface area contributed by atoms with Gasteiger partial charge in [0.15, 0.2) is 5.78 Å². The van der Waals surface area contributed by atoms with Gasteiger partial charge in [-0.25, -0.2) is 4.79 Å². The average molecular weight is 360 g/mol. The van der Waals surface area contributed by atoms with Crippen LogP contribution >= 0.6 is 11.6 Å². The minimum atomic E-state index is -0.448. The highest BCUT2D eigenvalue weighted by atomic mass is 35.5. The fourth-order valence-electron chi connectivity index (χ4n) is 2.17. The molecule has 0 fully saturated rings. The van der Waals surface area contributed by atoms with Gasteiger partial charge in [0.2, 0.25) is 5.91 Å². The number of amides is 1. The minimum Gasteiger partial charge on any atom is -0.462 e. The van der Waals surface area contributed by atoms with Crippen LogP contribution in [-0.4, -0.2) is 24.3 Å². The van der Waals surface area contributed by atoms with Crippen LogP contribution in [-0.2, 0) is 9.53 Å². The Morgan fingerprint density at radius 1 is 1.00 bits per heavy atom. The van der Waals surface area contributed by atoms with E-state index in [1.807, 2.05) is 0 Å². The predicted octanol–water partition coefficient (Wildman–Crippen LogP) is 4.12. The monoisotopic (exact) mass is 359 g/mol. The maximum Gasteiger partial charge on any atom is 0.338 e. The van der Waals surface area contributed by atoms with Gasteiger partial charge in [0.05, 0.1) is 12.2 Å². The molecule has 2 aromatic carbocycles. The molecule has 130 valence electrons. The molecule has 0 aliphatic rings. The number of Topliss-reactive ketones (excluding diaryl/α,β-unsaturated/α-hetero) is 1. The molecule has 6 heteroatoms. The Morgan fingerprint density at radius 3 is 2.40 bits per heavy atom. The number of nitrogens with one attached hydrogen (secondary N) is 1. The van der Waals surface area contributed by atoms with E-state index in [9.17, 15) is 14.4 Å². The second kappa shape index (κ2) is 8.99. The van der Waals surface area contributed by atoms with Crippen molar-refractivity contribution in [1.82, 2.24) is 0 Å². The Balaban J connectivity index is 1.90. The first-order valence-corrected chi connectivity index (χ1v) is 8.23. The molecule has 2 rings (SSSR count). The summed E-state index contributed by atoms with van der Waals surface area (Å²) < 4.78 is 4.92. The topological polar surface area (TPSA) is 72.5 Å². The molecule has 5 nitrogen and oxygen atoms in total. The fraction of sp³-hybridized carbons (Fsp3) is 0.211. The Bertz CT molecular complexity index is 771. The van der Waals surface area contributed by atoms with Crippen LogP contribution in [0.2, 0.25) is 5.02 Å². The fourth-order valence-corrected chi connectivity index (χ4v) is 2.30. The lowest BCUT2D eigenvalue weighted by atomic mass is 10.1. The molecule has 0 aromatic heterocycles. The molecule has 0 bridgehead atoms. The first kappa shape index (κ1) is 18.7. The van der Waals surface area contributed by atoms with Gasteiger partial charge in [-0.15, -0.1) is 0 Å². The van der Waals surface area contributed by atoms with E-state index in [-0.39, 0.29) is 31.1 Å². The number of ketones is 1. The molecule has 2 aromatic rings. The van der Waals surface area contributed by atoms with Crippen LogP contribution in [0.4, 0.5) is 5.69 Å². The lowest BCUT2D eigenvalue weighted by Crippen LogP contribution is -2.14. The van der Waals surface area contributed by atoms with Crippen molar-refractivity contribution < 1.29 is 19.1 Å². The molecule has 1 amide bonds. The maximum atomic E-state index is 12.0. The van der Waals surface area contributed by atoms with E-state index in [2.05, 4.69) is 5.32 Å². The van der Waals surface area contributed by atoms with Crippen molar-refractivity contribution in [3.8, 4) is 0 Å².